The van der Waals surface area contributed by atoms with Crippen LogP contribution in [0.4, 0.5) is 0 Å². The Bertz CT molecular complexity index is 232. The predicted molar refractivity (Wildman–Crippen MR) is 60.7 cm³/mol. The number of esters is 2. The summed E-state index contributed by atoms with van der Waals surface area (Å²) in [5.74, 6) is -1.24. The van der Waals surface area contributed by atoms with Gasteiger partial charge in [0.1, 0.15) is 0 Å². The van der Waals surface area contributed by atoms with Crippen LogP contribution in [0.25, 0.3) is 0 Å². The maximum absolute atomic E-state index is 11.3. The molecule has 0 aliphatic carbocycles. The summed E-state index contributed by atoms with van der Waals surface area (Å²) in [5.41, 5.74) is 0. The van der Waals surface area contributed by atoms with Crippen molar-refractivity contribution in [2.75, 3.05) is 13.2 Å². The largest absolute Gasteiger partial charge is 0.466 e. The van der Waals surface area contributed by atoms with Crippen molar-refractivity contribution in [2.24, 2.45) is 11.8 Å². The molecule has 4 heteroatoms. The molecule has 16 heavy (non-hydrogen) atoms. The van der Waals surface area contributed by atoms with E-state index in [-0.39, 0.29) is 23.8 Å². The van der Waals surface area contributed by atoms with Crippen molar-refractivity contribution in [3.05, 3.63) is 12.2 Å². The number of ether oxygens (including phenoxy) is 2. The third-order valence-electron chi connectivity index (χ3n) is 2.01. The monoisotopic (exact) mass is 228 g/mol. The van der Waals surface area contributed by atoms with Crippen molar-refractivity contribution in [3.63, 3.8) is 0 Å². The number of carbonyl (C=O) groups excluding carboxylic acids is 2. The molecule has 0 bridgehead atoms. The zero-order valence-electron chi connectivity index (χ0n) is 10.4. The van der Waals surface area contributed by atoms with Crippen molar-refractivity contribution in [3.8, 4) is 0 Å². The highest BCUT2D eigenvalue weighted by atomic mass is 16.5. The standard InChI is InChI=1S/C12H20O4/c1-5-15-11(13)9(3)7-8-10(4)12(14)16-6-2/h7-10H,5-6H2,1-4H3. The molecule has 0 saturated heterocycles. The van der Waals surface area contributed by atoms with Gasteiger partial charge in [0.2, 0.25) is 0 Å². The number of rotatable bonds is 6. The van der Waals surface area contributed by atoms with Crippen LogP contribution in [0.15, 0.2) is 12.2 Å². The SMILES string of the molecule is CCOC(=O)C(C)C=CC(C)C(=O)OCC. The van der Waals surface area contributed by atoms with Crippen molar-refractivity contribution < 1.29 is 19.1 Å². The smallest absolute Gasteiger partial charge is 0.312 e. The molecule has 0 fully saturated rings. The molecular formula is C12H20O4. The molecule has 0 aliphatic heterocycles. The minimum atomic E-state index is -0.336. The fraction of sp³-hybridized carbons (Fsp3) is 0.667. The zero-order valence-corrected chi connectivity index (χ0v) is 10.4. The van der Waals surface area contributed by atoms with Crippen LogP contribution in [-0.2, 0) is 19.1 Å². The van der Waals surface area contributed by atoms with E-state index in [1.165, 1.54) is 0 Å². The summed E-state index contributed by atoms with van der Waals surface area (Å²) >= 11 is 0. The van der Waals surface area contributed by atoms with E-state index in [0.717, 1.165) is 0 Å². The van der Waals surface area contributed by atoms with Crippen molar-refractivity contribution in [1.82, 2.24) is 0 Å². The Morgan fingerprint density at radius 3 is 1.50 bits per heavy atom. The van der Waals surface area contributed by atoms with E-state index in [1.807, 2.05) is 0 Å². The van der Waals surface area contributed by atoms with Gasteiger partial charge in [-0.25, -0.2) is 0 Å². The van der Waals surface area contributed by atoms with Gasteiger partial charge in [-0.2, -0.15) is 0 Å². The quantitative estimate of drug-likeness (QED) is 0.515. The first-order chi connectivity index (χ1) is 7.52. The molecule has 0 heterocycles. The molecule has 2 atom stereocenters. The first-order valence-corrected chi connectivity index (χ1v) is 5.54. The molecule has 0 spiro atoms. The summed E-state index contributed by atoms with van der Waals surface area (Å²) in [6.45, 7) is 7.71. The van der Waals surface area contributed by atoms with Crippen LogP contribution in [0, 0.1) is 11.8 Å². The summed E-state index contributed by atoms with van der Waals surface area (Å²) in [6.07, 6.45) is 3.33. The number of hydrogen-bond acceptors (Lipinski definition) is 4. The Balaban J connectivity index is 4.15. The summed E-state index contributed by atoms with van der Waals surface area (Å²) < 4.78 is 9.68. The van der Waals surface area contributed by atoms with Crippen LogP contribution in [0.1, 0.15) is 27.7 Å². The van der Waals surface area contributed by atoms with Gasteiger partial charge in [-0.3, -0.25) is 9.59 Å². The highest BCUT2D eigenvalue weighted by Crippen LogP contribution is 2.06. The Hall–Kier alpha value is -1.32. The summed E-state index contributed by atoms with van der Waals surface area (Å²) in [5, 5.41) is 0. The first kappa shape index (κ1) is 14.7. The average molecular weight is 228 g/mol. The first-order valence-electron chi connectivity index (χ1n) is 5.54. The number of hydrogen-bond donors (Lipinski definition) is 0. The molecule has 92 valence electrons. The van der Waals surface area contributed by atoms with Crippen LogP contribution in [0.2, 0.25) is 0 Å². The normalized spacial score (nSPS) is 14.5. The van der Waals surface area contributed by atoms with E-state index in [0.29, 0.717) is 13.2 Å². The third-order valence-corrected chi connectivity index (χ3v) is 2.01. The molecule has 0 aromatic rings. The molecule has 0 saturated carbocycles. The molecule has 0 aliphatic rings. The lowest BCUT2D eigenvalue weighted by Gasteiger charge is -2.08. The Morgan fingerprint density at radius 2 is 1.25 bits per heavy atom. The van der Waals surface area contributed by atoms with E-state index in [4.69, 9.17) is 9.47 Å². The maximum Gasteiger partial charge on any atom is 0.312 e. The molecule has 0 amide bonds. The third kappa shape index (κ3) is 5.53. The van der Waals surface area contributed by atoms with Crippen LogP contribution < -0.4 is 0 Å². The maximum atomic E-state index is 11.3. The van der Waals surface area contributed by atoms with Gasteiger partial charge in [0.25, 0.3) is 0 Å². The van der Waals surface area contributed by atoms with Gasteiger partial charge in [0.05, 0.1) is 25.0 Å². The van der Waals surface area contributed by atoms with Gasteiger partial charge in [-0.05, 0) is 27.7 Å². The van der Waals surface area contributed by atoms with Gasteiger partial charge in [-0.15, -0.1) is 0 Å². The van der Waals surface area contributed by atoms with Crippen LogP contribution in [0.5, 0.6) is 0 Å². The topological polar surface area (TPSA) is 52.6 Å². The molecule has 2 unspecified atom stereocenters. The predicted octanol–water partition coefficient (Wildman–Crippen LogP) is 1.94. The Labute approximate surface area is 96.6 Å². The second-order valence-corrected chi connectivity index (χ2v) is 3.47. The second kappa shape index (κ2) is 7.91. The minimum absolute atomic E-state index is 0.283. The van der Waals surface area contributed by atoms with Crippen molar-refractivity contribution in [2.45, 2.75) is 27.7 Å². The minimum Gasteiger partial charge on any atom is -0.466 e. The lowest BCUT2D eigenvalue weighted by Crippen LogP contribution is -2.15. The van der Waals surface area contributed by atoms with E-state index >= 15 is 0 Å². The van der Waals surface area contributed by atoms with E-state index in [2.05, 4.69) is 0 Å². The van der Waals surface area contributed by atoms with Crippen LogP contribution in [0.3, 0.4) is 0 Å². The lowest BCUT2D eigenvalue weighted by atomic mass is 10.1. The van der Waals surface area contributed by atoms with E-state index in [1.54, 1.807) is 39.8 Å². The fourth-order valence-electron chi connectivity index (χ4n) is 1.04. The Morgan fingerprint density at radius 1 is 0.938 bits per heavy atom. The van der Waals surface area contributed by atoms with Gasteiger partial charge in [0.15, 0.2) is 0 Å². The van der Waals surface area contributed by atoms with Crippen LogP contribution >= 0.6 is 0 Å². The summed E-state index contributed by atoms with van der Waals surface area (Å²) in [7, 11) is 0. The van der Waals surface area contributed by atoms with Crippen LogP contribution in [-0.4, -0.2) is 25.2 Å². The lowest BCUT2D eigenvalue weighted by molar-refractivity contribution is -0.147. The molecule has 4 nitrogen and oxygen atoms in total. The fourth-order valence-corrected chi connectivity index (χ4v) is 1.04. The van der Waals surface area contributed by atoms with Crippen molar-refractivity contribution >= 4 is 11.9 Å². The molecule has 0 N–H and O–H groups in total. The summed E-state index contributed by atoms with van der Waals surface area (Å²) in [4.78, 5) is 22.5. The van der Waals surface area contributed by atoms with Gasteiger partial charge >= 0.3 is 11.9 Å². The molecule has 0 aromatic carbocycles. The van der Waals surface area contributed by atoms with Gasteiger partial charge in [-0.1, -0.05) is 12.2 Å². The van der Waals surface area contributed by atoms with Crippen molar-refractivity contribution in [1.29, 1.82) is 0 Å². The summed E-state index contributed by atoms with van der Waals surface area (Å²) in [6, 6.07) is 0. The average Bonchev–Trinajstić information content (AvgIpc) is 2.25. The highest BCUT2D eigenvalue weighted by Gasteiger charge is 2.13. The number of carbonyl (C=O) groups is 2. The highest BCUT2D eigenvalue weighted by molar-refractivity contribution is 5.76. The van der Waals surface area contributed by atoms with E-state index in [9.17, 15) is 9.59 Å². The van der Waals surface area contributed by atoms with Gasteiger partial charge < -0.3 is 9.47 Å². The van der Waals surface area contributed by atoms with E-state index < -0.39 is 0 Å². The molecule has 0 rings (SSSR count). The molecular weight excluding hydrogens is 208 g/mol. The molecule has 0 radical (unpaired) electrons. The zero-order chi connectivity index (χ0) is 12.6. The Kier molecular flexibility index (Phi) is 7.25. The van der Waals surface area contributed by atoms with Gasteiger partial charge in [0, 0.05) is 0 Å². The molecule has 0 aromatic heterocycles. The second-order valence-electron chi connectivity index (χ2n) is 3.47.